The van der Waals surface area contributed by atoms with Gasteiger partial charge in [-0.2, -0.15) is 0 Å². The van der Waals surface area contributed by atoms with Gasteiger partial charge in [0.25, 0.3) is 0 Å². The summed E-state index contributed by atoms with van der Waals surface area (Å²) < 4.78 is 5.16. The van der Waals surface area contributed by atoms with E-state index in [1.807, 2.05) is 31.2 Å². The average Bonchev–Trinajstić information content (AvgIpc) is 3.07. The highest BCUT2D eigenvalue weighted by atomic mass is 79.9. The Morgan fingerprint density at radius 2 is 1.94 bits per heavy atom. The maximum atomic E-state index is 12.1. The third kappa shape index (κ3) is 2.92. The summed E-state index contributed by atoms with van der Waals surface area (Å²) in [4.78, 5) is 11.7. The molecule has 2 nitrogen and oxygen atoms in total. The lowest BCUT2D eigenvalue weighted by Crippen LogP contribution is -2.31. The van der Waals surface area contributed by atoms with Gasteiger partial charge in [-0.1, -0.05) is 55.6 Å². The maximum absolute atomic E-state index is 12.1. The summed E-state index contributed by atoms with van der Waals surface area (Å²) in [5.41, 5.74) is 0.404. The fourth-order valence-corrected chi connectivity index (χ4v) is 2.95. The highest BCUT2D eigenvalue weighted by Crippen LogP contribution is 2.38. The van der Waals surface area contributed by atoms with Gasteiger partial charge in [0.1, 0.15) is 5.60 Å². The summed E-state index contributed by atoms with van der Waals surface area (Å²) in [5, 5.41) is 0.684. The minimum atomic E-state index is -0.605. The molecule has 17 heavy (non-hydrogen) atoms. The van der Waals surface area contributed by atoms with Gasteiger partial charge in [-0.25, -0.2) is 0 Å². The molecule has 3 atom stereocenters. The van der Waals surface area contributed by atoms with E-state index in [2.05, 4.69) is 31.9 Å². The summed E-state index contributed by atoms with van der Waals surface area (Å²) in [6.07, 6.45) is 0. The third-order valence-electron chi connectivity index (χ3n) is 2.79. The number of carbonyl (C=O) groups excluding carboxylic acids is 1. The summed E-state index contributed by atoms with van der Waals surface area (Å²) in [6.45, 7) is 2.32. The molecule has 92 valence electrons. The number of halogens is 3. The second kappa shape index (κ2) is 5.00. The molecule has 1 heterocycles. The highest BCUT2D eigenvalue weighted by molar-refractivity contribution is 9.12. The normalized spacial score (nSPS) is 26.4. The lowest BCUT2D eigenvalue weighted by atomic mass is 10.00. The molecular weight excluding hydrogens is 371 g/mol. The minimum Gasteiger partial charge on any atom is -0.362 e. The number of Topliss-reactive ketones (excluding diaryl/α,β-unsaturated/α-hetero) is 1. The Balaban J connectivity index is 2.11. The Morgan fingerprint density at radius 3 is 2.41 bits per heavy atom. The molecule has 1 saturated heterocycles. The zero-order valence-electron chi connectivity index (χ0n) is 9.12. The Hall–Kier alpha value is 0.1000. The molecule has 1 fully saturated rings. The molecule has 2 rings (SSSR count). The fourth-order valence-electron chi connectivity index (χ4n) is 1.49. The maximum Gasteiger partial charge on any atom is 0.181 e. The summed E-state index contributed by atoms with van der Waals surface area (Å²) in [5.74, 6) is 0.0642. The molecule has 0 saturated carbocycles. The number of ketones is 1. The molecule has 5 heteroatoms. The number of alkyl halides is 2. The summed E-state index contributed by atoms with van der Waals surface area (Å²) in [7, 11) is 0. The Morgan fingerprint density at radius 1 is 1.41 bits per heavy atom. The smallest absolute Gasteiger partial charge is 0.181 e. The van der Waals surface area contributed by atoms with Crippen LogP contribution in [0.4, 0.5) is 0 Å². The summed E-state index contributed by atoms with van der Waals surface area (Å²) >= 11 is 12.8. The van der Waals surface area contributed by atoms with Crippen molar-refractivity contribution < 1.29 is 9.53 Å². The quantitative estimate of drug-likeness (QED) is 0.584. The van der Waals surface area contributed by atoms with Crippen LogP contribution < -0.4 is 0 Å². The van der Waals surface area contributed by atoms with Crippen LogP contribution >= 0.6 is 43.5 Å². The van der Waals surface area contributed by atoms with Gasteiger partial charge in [-0.3, -0.25) is 4.79 Å². The lowest BCUT2D eigenvalue weighted by Gasteiger charge is -2.18. The first-order chi connectivity index (χ1) is 7.94. The monoisotopic (exact) mass is 380 g/mol. The molecule has 1 aliphatic rings. The zero-order chi connectivity index (χ0) is 12.6. The number of epoxide rings is 1. The van der Waals surface area contributed by atoms with Gasteiger partial charge < -0.3 is 4.74 Å². The van der Waals surface area contributed by atoms with Crippen molar-refractivity contribution in [2.45, 2.75) is 22.2 Å². The largest absolute Gasteiger partial charge is 0.362 e. The van der Waals surface area contributed by atoms with E-state index in [4.69, 9.17) is 16.3 Å². The van der Waals surface area contributed by atoms with Crippen molar-refractivity contribution in [1.29, 1.82) is 0 Å². The molecule has 1 aromatic carbocycles. The zero-order valence-corrected chi connectivity index (χ0v) is 13.0. The Bertz CT molecular complexity index is 429. The van der Waals surface area contributed by atoms with Gasteiger partial charge in [-0.15, -0.1) is 0 Å². The van der Waals surface area contributed by atoms with Crippen molar-refractivity contribution in [3.8, 4) is 0 Å². The topological polar surface area (TPSA) is 29.6 Å². The standard InChI is InChI=1S/C12H11Br2ClO2/c1-12(6-17-12)11(16)10(14)9(13)7-2-4-8(15)5-3-7/h2-5,9-10H,6H2,1H3/t9-,10-,12+/m0/s1. The van der Waals surface area contributed by atoms with Crippen LogP contribution in [-0.2, 0) is 9.53 Å². The van der Waals surface area contributed by atoms with E-state index in [9.17, 15) is 4.79 Å². The first-order valence-electron chi connectivity index (χ1n) is 5.16. The van der Waals surface area contributed by atoms with Crippen molar-refractivity contribution in [1.82, 2.24) is 0 Å². The van der Waals surface area contributed by atoms with Crippen molar-refractivity contribution in [3.63, 3.8) is 0 Å². The van der Waals surface area contributed by atoms with E-state index in [1.165, 1.54) is 0 Å². The number of ether oxygens (including phenoxy) is 1. The van der Waals surface area contributed by atoms with E-state index in [-0.39, 0.29) is 15.4 Å². The Labute approximate surface area is 122 Å². The SMILES string of the molecule is C[C@]1(C(=O)[C@@H](Br)[C@@H](Br)c2ccc(Cl)cc2)CO1. The van der Waals surface area contributed by atoms with Gasteiger partial charge in [0, 0.05) is 5.02 Å². The molecule has 0 bridgehead atoms. The van der Waals surface area contributed by atoms with Crippen LogP contribution in [0.2, 0.25) is 5.02 Å². The second-order valence-electron chi connectivity index (χ2n) is 4.24. The minimum absolute atomic E-state index is 0.0642. The van der Waals surface area contributed by atoms with E-state index in [1.54, 1.807) is 0 Å². The molecule has 0 unspecified atom stereocenters. The van der Waals surface area contributed by atoms with Crippen molar-refractivity contribution in [3.05, 3.63) is 34.9 Å². The predicted octanol–water partition coefficient (Wildman–Crippen LogP) is 3.90. The van der Waals surface area contributed by atoms with Gasteiger partial charge in [-0.05, 0) is 24.6 Å². The van der Waals surface area contributed by atoms with E-state index in [0.717, 1.165) is 5.56 Å². The van der Waals surface area contributed by atoms with Crippen LogP contribution in [0.1, 0.15) is 17.3 Å². The van der Waals surface area contributed by atoms with Crippen LogP contribution in [0.25, 0.3) is 0 Å². The Kier molecular flexibility index (Phi) is 3.98. The molecule has 0 radical (unpaired) electrons. The predicted molar refractivity (Wildman–Crippen MR) is 75.2 cm³/mol. The number of rotatable bonds is 4. The molecule has 0 N–H and O–H groups in total. The first-order valence-corrected chi connectivity index (χ1v) is 7.37. The number of hydrogen-bond acceptors (Lipinski definition) is 2. The third-order valence-corrected chi connectivity index (χ3v) is 5.76. The van der Waals surface area contributed by atoms with Crippen LogP contribution in [0.3, 0.4) is 0 Å². The molecule has 1 aliphatic heterocycles. The van der Waals surface area contributed by atoms with Crippen molar-refractivity contribution in [2.24, 2.45) is 0 Å². The molecule has 0 aliphatic carbocycles. The second-order valence-corrected chi connectivity index (χ2v) is 6.65. The van der Waals surface area contributed by atoms with Gasteiger partial charge in [0.15, 0.2) is 5.78 Å². The lowest BCUT2D eigenvalue weighted by molar-refractivity contribution is -0.122. The van der Waals surface area contributed by atoms with Gasteiger partial charge >= 0.3 is 0 Å². The number of hydrogen-bond donors (Lipinski definition) is 0. The molecule has 0 spiro atoms. The molecular formula is C12H11Br2ClO2. The van der Waals surface area contributed by atoms with Gasteiger partial charge in [0.2, 0.25) is 0 Å². The van der Waals surface area contributed by atoms with Crippen molar-refractivity contribution >= 4 is 49.2 Å². The van der Waals surface area contributed by atoms with Crippen LogP contribution in [0.15, 0.2) is 24.3 Å². The van der Waals surface area contributed by atoms with E-state index >= 15 is 0 Å². The first kappa shape index (κ1) is 13.5. The van der Waals surface area contributed by atoms with E-state index in [0.29, 0.717) is 11.6 Å². The fraction of sp³-hybridized carbons (Fsp3) is 0.417. The average molecular weight is 382 g/mol. The van der Waals surface area contributed by atoms with Crippen LogP contribution in [0.5, 0.6) is 0 Å². The van der Waals surface area contributed by atoms with Crippen LogP contribution in [-0.4, -0.2) is 22.8 Å². The van der Waals surface area contributed by atoms with Crippen molar-refractivity contribution in [2.75, 3.05) is 6.61 Å². The number of carbonyl (C=O) groups is 1. The summed E-state index contributed by atoms with van der Waals surface area (Å²) in [6, 6.07) is 7.42. The molecule has 0 amide bonds. The van der Waals surface area contributed by atoms with E-state index < -0.39 is 5.60 Å². The molecule has 1 aromatic rings. The highest BCUT2D eigenvalue weighted by Gasteiger charge is 2.50. The van der Waals surface area contributed by atoms with Gasteiger partial charge in [0.05, 0.1) is 16.3 Å². The number of benzene rings is 1. The van der Waals surface area contributed by atoms with Crippen LogP contribution in [0, 0.1) is 0 Å². The molecule has 0 aromatic heterocycles.